The molecule has 28 heavy (non-hydrogen) atoms. The van der Waals surface area contributed by atoms with Gasteiger partial charge in [0.2, 0.25) is 15.9 Å². The van der Waals surface area contributed by atoms with Crippen molar-refractivity contribution in [3.8, 4) is 11.5 Å². The Labute approximate surface area is 164 Å². The Balaban J connectivity index is 1.61. The second-order valence-electron chi connectivity index (χ2n) is 6.78. The number of anilines is 1. The summed E-state index contributed by atoms with van der Waals surface area (Å²) in [6.45, 7) is 2.73. The van der Waals surface area contributed by atoms with Gasteiger partial charge >= 0.3 is 0 Å². The normalized spacial score (nSPS) is 19.0. The van der Waals surface area contributed by atoms with Gasteiger partial charge in [-0.15, -0.1) is 0 Å². The SMILES string of the molecule is CCS(=O)(=O)N1Cc2ccccc2C[C@H]1C(=O)Nc1ccc2c(c1)OCCO2. The van der Waals surface area contributed by atoms with E-state index in [0.717, 1.165) is 11.1 Å². The van der Waals surface area contributed by atoms with E-state index < -0.39 is 16.1 Å². The zero-order chi connectivity index (χ0) is 19.7. The minimum absolute atomic E-state index is 0.0526. The van der Waals surface area contributed by atoms with Crippen LogP contribution in [-0.4, -0.2) is 43.6 Å². The highest BCUT2D eigenvalue weighted by Crippen LogP contribution is 2.33. The predicted octanol–water partition coefficient (Wildman–Crippen LogP) is 2.17. The average Bonchev–Trinajstić information content (AvgIpc) is 2.72. The van der Waals surface area contributed by atoms with Crippen LogP contribution in [0.2, 0.25) is 0 Å². The van der Waals surface area contributed by atoms with Crippen molar-refractivity contribution >= 4 is 21.6 Å². The number of hydrogen-bond donors (Lipinski definition) is 1. The van der Waals surface area contributed by atoms with Gasteiger partial charge in [0.15, 0.2) is 11.5 Å². The monoisotopic (exact) mass is 402 g/mol. The Morgan fingerprint density at radius 1 is 1.11 bits per heavy atom. The summed E-state index contributed by atoms with van der Waals surface area (Å²) < 4.78 is 37.6. The molecule has 0 aromatic heterocycles. The molecule has 2 aliphatic rings. The molecule has 2 aromatic rings. The molecular weight excluding hydrogens is 380 g/mol. The maximum atomic E-state index is 13.0. The largest absolute Gasteiger partial charge is 0.486 e. The van der Waals surface area contributed by atoms with Crippen molar-refractivity contribution in [2.75, 3.05) is 24.3 Å². The molecule has 8 heteroatoms. The zero-order valence-corrected chi connectivity index (χ0v) is 16.4. The van der Waals surface area contributed by atoms with Crippen LogP contribution in [0.4, 0.5) is 5.69 Å². The number of nitrogens with one attached hydrogen (secondary N) is 1. The van der Waals surface area contributed by atoms with Gasteiger partial charge in [0.25, 0.3) is 0 Å². The Hall–Kier alpha value is -2.58. The highest BCUT2D eigenvalue weighted by atomic mass is 32.2. The number of amides is 1. The molecule has 0 fully saturated rings. The zero-order valence-electron chi connectivity index (χ0n) is 15.6. The second-order valence-corrected chi connectivity index (χ2v) is 8.99. The van der Waals surface area contributed by atoms with Gasteiger partial charge in [-0.3, -0.25) is 4.79 Å². The van der Waals surface area contributed by atoms with Gasteiger partial charge in [-0.2, -0.15) is 4.31 Å². The number of sulfonamides is 1. The molecule has 1 atom stereocenters. The molecule has 4 rings (SSSR count). The first-order valence-electron chi connectivity index (χ1n) is 9.25. The lowest BCUT2D eigenvalue weighted by atomic mass is 9.95. The van der Waals surface area contributed by atoms with E-state index in [1.54, 1.807) is 25.1 Å². The standard InChI is InChI=1S/C20H22N2O5S/c1-2-28(24,25)22-13-15-6-4-3-5-14(15)11-17(22)20(23)21-16-7-8-18-19(12-16)27-10-9-26-18/h3-8,12,17H,2,9-11,13H2,1H3,(H,21,23)/t17-/m0/s1. The van der Waals surface area contributed by atoms with E-state index >= 15 is 0 Å². The van der Waals surface area contributed by atoms with Gasteiger partial charge < -0.3 is 14.8 Å². The lowest BCUT2D eigenvalue weighted by Crippen LogP contribution is -2.51. The van der Waals surface area contributed by atoms with Crippen LogP contribution in [-0.2, 0) is 27.8 Å². The van der Waals surface area contributed by atoms with Crippen molar-refractivity contribution < 1.29 is 22.7 Å². The van der Waals surface area contributed by atoms with Gasteiger partial charge in [-0.25, -0.2) is 8.42 Å². The molecule has 0 unspecified atom stereocenters. The third-order valence-corrected chi connectivity index (χ3v) is 6.87. The van der Waals surface area contributed by atoms with Gasteiger partial charge in [0.1, 0.15) is 19.3 Å². The number of rotatable bonds is 4. The Bertz CT molecular complexity index is 1010. The van der Waals surface area contributed by atoms with E-state index in [9.17, 15) is 13.2 Å². The van der Waals surface area contributed by atoms with Gasteiger partial charge in [0, 0.05) is 18.3 Å². The molecule has 2 heterocycles. The number of carbonyl (C=O) groups is 1. The van der Waals surface area contributed by atoms with Crippen LogP contribution in [0, 0.1) is 0 Å². The van der Waals surface area contributed by atoms with E-state index in [1.807, 2.05) is 24.3 Å². The summed E-state index contributed by atoms with van der Waals surface area (Å²) in [4.78, 5) is 13.0. The lowest BCUT2D eigenvalue weighted by molar-refractivity contribution is -0.120. The molecule has 1 amide bonds. The van der Waals surface area contributed by atoms with Crippen LogP contribution < -0.4 is 14.8 Å². The fourth-order valence-electron chi connectivity index (χ4n) is 3.53. The average molecular weight is 402 g/mol. The quantitative estimate of drug-likeness (QED) is 0.847. The molecule has 0 bridgehead atoms. The van der Waals surface area contributed by atoms with Gasteiger partial charge in [-0.05, 0) is 36.6 Å². The van der Waals surface area contributed by atoms with Crippen LogP contribution >= 0.6 is 0 Å². The summed E-state index contributed by atoms with van der Waals surface area (Å²) in [7, 11) is -3.54. The van der Waals surface area contributed by atoms with E-state index in [1.165, 1.54) is 4.31 Å². The van der Waals surface area contributed by atoms with Gasteiger partial charge in [0.05, 0.1) is 5.75 Å². The summed E-state index contributed by atoms with van der Waals surface area (Å²) >= 11 is 0. The topological polar surface area (TPSA) is 84.9 Å². The van der Waals surface area contributed by atoms with E-state index in [4.69, 9.17) is 9.47 Å². The summed E-state index contributed by atoms with van der Waals surface area (Å²) in [6.07, 6.45) is 0.339. The minimum atomic E-state index is -3.54. The third kappa shape index (κ3) is 3.57. The molecule has 2 aromatic carbocycles. The van der Waals surface area contributed by atoms with Crippen LogP contribution in [0.5, 0.6) is 11.5 Å². The Kier molecular flexibility index (Phi) is 4.99. The molecule has 0 saturated heterocycles. The predicted molar refractivity (Wildman–Crippen MR) is 105 cm³/mol. The molecule has 0 spiro atoms. The highest BCUT2D eigenvalue weighted by molar-refractivity contribution is 7.89. The molecule has 1 N–H and O–H groups in total. The smallest absolute Gasteiger partial charge is 0.243 e. The first-order chi connectivity index (χ1) is 13.5. The molecular formula is C20H22N2O5S. The highest BCUT2D eigenvalue weighted by Gasteiger charge is 2.38. The molecule has 0 saturated carbocycles. The minimum Gasteiger partial charge on any atom is -0.486 e. The maximum absolute atomic E-state index is 13.0. The molecule has 2 aliphatic heterocycles. The van der Waals surface area contributed by atoms with Crippen molar-refractivity contribution in [3.63, 3.8) is 0 Å². The first-order valence-corrected chi connectivity index (χ1v) is 10.9. The number of fused-ring (bicyclic) bond motifs is 2. The van der Waals surface area contributed by atoms with Crippen molar-refractivity contribution in [2.24, 2.45) is 0 Å². The molecule has 0 radical (unpaired) electrons. The maximum Gasteiger partial charge on any atom is 0.243 e. The van der Waals surface area contributed by atoms with Crippen LogP contribution in [0.25, 0.3) is 0 Å². The van der Waals surface area contributed by atoms with Crippen molar-refractivity contribution in [3.05, 3.63) is 53.6 Å². The van der Waals surface area contributed by atoms with Crippen LogP contribution in [0.1, 0.15) is 18.1 Å². The second kappa shape index (κ2) is 7.44. The molecule has 7 nitrogen and oxygen atoms in total. The van der Waals surface area contributed by atoms with Crippen molar-refractivity contribution in [1.82, 2.24) is 4.31 Å². The van der Waals surface area contributed by atoms with Crippen LogP contribution in [0.15, 0.2) is 42.5 Å². The number of benzene rings is 2. The van der Waals surface area contributed by atoms with E-state index in [-0.39, 0.29) is 18.2 Å². The van der Waals surface area contributed by atoms with Crippen molar-refractivity contribution in [2.45, 2.75) is 25.9 Å². The van der Waals surface area contributed by atoms with Crippen molar-refractivity contribution in [1.29, 1.82) is 0 Å². The fourth-order valence-corrected chi connectivity index (χ4v) is 4.75. The molecule has 148 valence electrons. The van der Waals surface area contributed by atoms with E-state index in [2.05, 4.69) is 5.32 Å². The third-order valence-electron chi connectivity index (χ3n) is 5.04. The Morgan fingerprint density at radius 3 is 2.57 bits per heavy atom. The first kappa shape index (κ1) is 18.8. The number of nitrogens with zero attached hydrogens (tertiary/aromatic N) is 1. The van der Waals surface area contributed by atoms with Crippen LogP contribution in [0.3, 0.4) is 0 Å². The summed E-state index contributed by atoms with van der Waals surface area (Å²) in [5, 5.41) is 2.84. The van der Waals surface area contributed by atoms with Gasteiger partial charge in [-0.1, -0.05) is 24.3 Å². The summed E-state index contributed by atoms with van der Waals surface area (Å²) in [6, 6.07) is 12.0. The summed E-state index contributed by atoms with van der Waals surface area (Å²) in [5.74, 6) is 0.786. The van der Waals surface area contributed by atoms with E-state index in [0.29, 0.717) is 36.8 Å². The Morgan fingerprint density at radius 2 is 1.82 bits per heavy atom. The lowest BCUT2D eigenvalue weighted by Gasteiger charge is -2.34. The number of carbonyl (C=O) groups excluding carboxylic acids is 1. The fraction of sp³-hybridized carbons (Fsp3) is 0.350. The summed E-state index contributed by atoms with van der Waals surface area (Å²) in [5.41, 5.74) is 2.47. The number of hydrogen-bond acceptors (Lipinski definition) is 5. The molecule has 0 aliphatic carbocycles. The number of ether oxygens (including phenoxy) is 2.